The number of Topliss-reactive ketones (excluding diaryl/α,β-unsaturated/α-hetero) is 1. The molecule has 4 rings (SSSR count). The minimum atomic E-state index is -1.01. The number of hydrogen-bond acceptors (Lipinski definition) is 7. The van der Waals surface area contributed by atoms with Crippen LogP contribution in [0.1, 0.15) is 36.1 Å². The van der Waals surface area contributed by atoms with Gasteiger partial charge < -0.3 is 19.8 Å². The van der Waals surface area contributed by atoms with E-state index in [0.717, 1.165) is 17.7 Å². The van der Waals surface area contributed by atoms with E-state index in [1.54, 1.807) is 18.2 Å². The highest BCUT2D eigenvalue weighted by Crippen LogP contribution is 2.42. The Kier molecular flexibility index (Phi) is 5.10. The van der Waals surface area contributed by atoms with Gasteiger partial charge in [0, 0.05) is 24.6 Å². The van der Waals surface area contributed by atoms with Gasteiger partial charge in [0.25, 0.3) is 11.7 Å². The van der Waals surface area contributed by atoms with Crippen LogP contribution in [-0.4, -0.2) is 44.9 Å². The number of nitrogens with zero attached hydrogens (tertiary/aromatic N) is 2. The van der Waals surface area contributed by atoms with Gasteiger partial charge in [-0.3, -0.25) is 19.7 Å². The van der Waals surface area contributed by atoms with Crippen molar-refractivity contribution >= 4 is 23.1 Å². The third-order valence-corrected chi connectivity index (χ3v) is 5.48. The molecule has 2 aromatic rings. The molecule has 160 valence electrons. The van der Waals surface area contributed by atoms with Crippen molar-refractivity contribution in [3.05, 3.63) is 68.8 Å². The van der Waals surface area contributed by atoms with Crippen molar-refractivity contribution in [1.82, 2.24) is 4.90 Å². The Balaban J connectivity index is 1.89. The summed E-state index contributed by atoms with van der Waals surface area (Å²) in [6.07, 6.45) is 1.20. The van der Waals surface area contributed by atoms with Crippen LogP contribution in [0.15, 0.2) is 42.0 Å². The van der Waals surface area contributed by atoms with E-state index < -0.39 is 34.1 Å². The summed E-state index contributed by atoms with van der Waals surface area (Å²) in [4.78, 5) is 37.5. The van der Waals surface area contributed by atoms with E-state index in [4.69, 9.17) is 4.74 Å². The van der Waals surface area contributed by atoms with Crippen LogP contribution in [0.4, 0.5) is 5.69 Å². The summed E-state index contributed by atoms with van der Waals surface area (Å²) < 4.78 is 5.47. The zero-order valence-electron chi connectivity index (χ0n) is 16.7. The van der Waals surface area contributed by atoms with Gasteiger partial charge in [-0.15, -0.1) is 0 Å². The first-order valence-electron chi connectivity index (χ1n) is 9.85. The number of hydrogen-bond donors (Lipinski definition) is 2. The number of phenols is 1. The molecule has 0 aliphatic carbocycles. The van der Waals surface area contributed by atoms with Crippen LogP contribution in [-0.2, 0) is 16.0 Å². The second-order valence-corrected chi connectivity index (χ2v) is 7.42. The van der Waals surface area contributed by atoms with Crippen molar-refractivity contribution in [3.63, 3.8) is 0 Å². The number of aliphatic hydroxyl groups excluding tert-OH is 1. The molecular formula is C22H20N2O7. The van der Waals surface area contributed by atoms with Gasteiger partial charge in [-0.2, -0.15) is 0 Å². The van der Waals surface area contributed by atoms with Crippen molar-refractivity contribution in [1.29, 1.82) is 0 Å². The van der Waals surface area contributed by atoms with Crippen molar-refractivity contribution < 1.29 is 29.5 Å². The van der Waals surface area contributed by atoms with Crippen LogP contribution >= 0.6 is 0 Å². The maximum absolute atomic E-state index is 12.9. The van der Waals surface area contributed by atoms with Crippen molar-refractivity contribution in [2.24, 2.45) is 0 Å². The number of aliphatic hydroxyl groups is 1. The van der Waals surface area contributed by atoms with Crippen LogP contribution in [0, 0.1) is 10.1 Å². The first-order valence-corrected chi connectivity index (χ1v) is 9.85. The molecule has 1 saturated heterocycles. The average Bonchev–Trinajstić information content (AvgIpc) is 3.31. The normalized spacial score (nSPS) is 19.4. The Labute approximate surface area is 177 Å². The molecule has 0 saturated carbocycles. The zero-order valence-corrected chi connectivity index (χ0v) is 16.7. The minimum Gasteiger partial charge on any atom is -0.507 e. The highest BCUT2D eigenvalue weighted by molar-refractivity contribution is 6.46. The molecule has 2 aliphatic heterocycles. The van der Waals surface area contributed by atoms with Crippen LogP contribution in [0.25, 0.3) is 5.76 Å². The summed E-state index contributed by atoms with van der Waals surface area (Å²) in [6.45, 7) is 2.58. The Morgan fingerprint density at radius 3 is 2.74 bits per heavy atom. The molecule has 2 N–H and O–H groups in total. The lowest BCUT2D eigenvalue weighted by Crippen LogP contribution is -2.30. The SMILES string of the molecule is CCCN1C(=O)C(=O)/C(=C(/O)c2ccc3c(c2)CCO3)C1c1ccc(O)c([N+](=O)[O-])c1. The standard InChI is InChI=1S/C22H20N2O7/c1-2-8-23-19(13-3-5-16(25)15(11-13)24(29)30)18(21(27)22(23)28)20(26)14-4-6-17-12(10-14)7-9-31-17/h3-6,10-11,19,25-26H,2,7-9H2,1H3/b20-18+. The Hall–Kier alpha value is -3.88. The fraction of sp³-hybridized carbons (Fsp3) is 0.273. The molecule has 31 heavy (non-hydrogen) atoms. The third kappa shape index (κ3) is 3.37. The lowest BCUT2D eigenvalue weighted by Gasteiger charge is -2.24. The molecule has 0 aromatic heterocycles. The maximum atomic E-state index is 12.9. The lowest BCUT2D eigenvalue weighted by atomic mass is 9.94. The van der Waals surface area contributed by atoms with Crippen LogP contribution in [0.2, 0.25) is 0 Å². The van der Waals surface area contributed by atoms with E-state index in [1.165, 1.54) is 11.0 Å². The van der Waals surface area contributed by atoms with E-state index >= 15 is 0 Å². The van der Waals surface area contributed by atoms with E-state index in [0.29, 0.717) is 30.8 Å². The average molecular weight is 424 g/mol. The van der Waals surface area contributed by atoms with Gasteiger partial charge >= 0.3 is 5.69 Å². The number of rotatable bonds is 5. The molecule has 2 heterocycles. The predicted molar refractivity (Wildman–Crippen MR) is 110 cm³/mol. The molecule has 2 aliphatic rings. The fourth-order valence-electron chi connectivity index (χ4n) is 4.04. The number of nitro benzene ring substituents is 1. The number of nitro groups is 1. The molecule has 9 heteroatoms. The van der Waals surface area contributed by atoms with Gasteiger partial charge in [-0.25, -0.2) is 0 Å². The smallest absolute Gasteiger partial charge is 0.311 e. The number of ether oxygens (including phenoxy) is 1. The molecule has 0 bridgehead atoms. The summed E-state index contributed by atoms with van der Waals surface area (Å²) in [5.41, 5.74) is 0.801. The summed E-state index contributed by atoms with van der Waals surface area (Å²) in [5, 5.41) is 32.1. The molecule has 1 atom stereocenters. The second kappa shape index (κ2) is 7.75. The van der Waals surface area contributed by atoms with Gasteiger partial charge in [0.2, 0.25) is 0 Å². The van der Waals surface area contributed by atoms with Crippen LogP contribution in [0.5, 0.6) is 11.5 Å². The monoisotopic (exact) mass is 424 g/mol. The van der Waals surface area contributed by atoms with Gasteiger partial charge in [-0.05, 0) is 41.8 Å². The fourth-order valence-corrected chi connectivity index (χ4v) is 4.04. The Morgan fingerprint density at radius 1 is 1.26 bits per heavy atom. The molecule has 1 fully saturated rings. The van der Waals surface area contributed by atoms with E-state index in [9.17, 15) is 29.9 Å². The quantitative estimate of drug-likeness (QED) is 0.248. The number of likely N-dealkylation sites (tertiary alicyclic amines) is 1. The van der Waals surface area contributed by atoms with Gasteiger partial charge in [0.15, 0.2) is 5.75 Å². The van der Waals surface area contributed by atoms with Gasteiger partial charge in [0.1, 0.15) is 11.5 Å². The summed E-state index contributed by atoms with van der Waals surface area (Å²) in [6, 6.07) is 7.67. The Morgan fingerprint density at radius 2 is 2.03 bits per heavy atom. The number of ketones is 1. The number of phenolic OH excluding ortho intramolecular Hbond substituents is 1. The van der Waals surface area contributed by atoms with E-state index in [2.05, 4.69) is 0 Å². The van der Waals surface area contributed by atoms with Crippen molar-refractivity contribution in [2.75, 3.05) is 13.2 Å². The number of carbonyl (C=O) groups is 2. The first-order chi connectivity index (χ1) is 14.8. The van der Waals surface area contributed by atoms with Crippen molar-refractivity contribution in [2.45, 2.75) is 25.8 Å². The molecule has 2 aromatic carbocycles. The molecule has 9 nitrogen and oxygen atoms in total. The summed E-state index contributed by atoms with van der Waals surface area (Å²) >= 11 is 0. The van der Waals surface area contributed by atoms with E-state index in [1.807, 2.05) is 6.92 Å². The number of carbonyl (C=O) groups excluding carboxylic acids is 2. The molecule has 0 radical (unpaired) electrons. The van der Waals surface area contributed by atoms with Crippen molar-refractivity contribution in [3.8, 4) is 11.5 Å². The highest BCUT2D eigenvalue weighted by atomic mass is 16.6. The van der Waals surface area contributed by atoms with Crippen LogP contribution < -0.4 is 4.74 Å². The van der Waals surface area contributed by atoms with Crippen LogP contribution in [0.3, 0.4) is 0 Å². The van der Waals surface area contributed by atoms with Gasteiger partial charge in [0.05, 0.1) is 23.1 Å². The number of fused-ring (bicyclic) bond motifs is 1. The largest absolute Gasteiger partial charge is 0.507 e. The molecule has 0 spiro atoms. The molecule has 1 unspecified atom stereocenters. The van der Waals surface area contributed by atoms with E-state index in [-0.39, 0.29) is 23.4 Å². The maximum Gasteiger partial charge on any atom is 0.311 e. The summed E-state index contributed by atoms with van der Waals surface area (Å²) in [7, 11) is 0. The number of benzene rings is 2. The topological polar surface area (TPSA) is 130 Å². The molecule has 1 amide bonds. The lowest BCUT2D eigenvalue weighted by molar-refractivity contribution is -0.385. The Bertz CT molecular complexity index is 1140. The molecular weight excluding hydrogens is 404 g/mol. The number of amides is 1. The summed E-state index contributed by atoms with van der Waals surface area (Å²) in [5.74, 6) is -1.82. The number of aromatic hydroxyl groups is 1. The second-order valence-electron chi connectivity index (χ2n) is 7.42. The highest BCUT2D eigenvalue weighted by Gasteiger charge is 2.46. The third-order valence-electron chi connectivity index (χ3n) is 5.48. The van der Waals surface area contributed by atoms with Gasteiger partial charge in [-0.1, -0.05) is 13.0 Å². The first kappa shape index (κ1) is 20.4. The minimum absolute atomic E-state index is 0.141. The predicted octanol–water partition coefficient (Wildman–Crippen LogP) is 3.07. The zero-order chi connectivity index (χ0) is 22.3.